The van der Waals surface area contributed by atoms with Gasteiger partial charge in [0.1, 0.15) is 0 Å². The van der Waals surface area contributed by atoms with Gasteiger partial charge in [-0.25, -0.2) is 8.42 Å². The summed E-state index contributed by atoms with van der Waals surface area (Å²) in [6, 6.07) is 14.3. The first-order chi connectivity index (χ1) is 12.8. The van der Waals surface area contributed by atoms with Crippen LogP contribution in [0.5, 0.6) is 0 Å². The SMILES string of the molecule is CCN(c1ccc(C(=O)NCCSCc2cccc(Cl)c2)cc1)S(C)(=O)=O. The summed E-state index contributed by atoms with van der Waals surface area (Å²) < 4.78 is 24.8. The molecule has 2 aromatic carbocycles. The van der Waals surface area contributed by atoms with E-state index in [0.717, 1.165) is 28.3 Å². The number of benzene rings is 2. The summed E-state index contributed by atoms with van der Waals surface area (Å²) in [5, 5.41) is 3.60. The third kappa shape index (κ3) is 6.75. The predicted octanol–water partition coefficient (Wildman–Crippen LogP) is 3.79. The molecule has 27 heavy (non-hydrogen) atoms. The molecule has 1 amide bonds. The molecule has 0 bridgehead atoms. The molecule has 0 unspecified atom stereocenters. The summed E-state index contributed by atoms with van der Waals surface area (Å²) in [4.78, 5) is 12.2. The summed E-state index contributed by atoms with van der Waals surface area (Å²) in [7, 11) is -3.33. The number of rotatable bonds is 9. The highest BCUT2D eigenvalue weighted by Gasteiger charge is 2.15. The van der Waals surface area contributed by atoms with Crippen molar-refractivity contribution in [3.63, 3.8) is 0 Å². The van der Waals surface area contributed by atoms with Crippen molar-refractivity contribution in [2.45, 2.75) is 12.7 Å². The Morgan fingerprint density at radius 3 is 2.48 bits per heavy atom. The van der Waals surface area contributed by atoms with Gasteiger partial charge in [-0.3, -0.25) is 9.10 Å². The normalized spacial score (nSPS) is 11.2. The van der Waals surface area contributed by atoms with Crippen molar-refractivity contribution in [2.24, 2.45) is 0 Å². The lowest BCUT2D eigenvalue weighted by molar-refractivity contribution is 0.0956. The number of sulfonamides is 1. The van der Waals surface area contributed by atoms with Crippen LogP contribution in [0.4, 0.5) is 5.69 Å². The molecule has 0 aliphatic rings. The maximum Gasteiger partial charge on any atom is 0.251 e. The van der Waals surface area contributed by atoms with Gasteiger partial charge in [-0.1, -0.05) is 23.7 Å². The van der Waals surface area contributed by atoms with Crippen molar-refractivity contribution < 1.29 is 13.2 Å². The highest BCUT2D eigenvalue weighted by Crippen LogP contribution is 2.18. The Hall–Kier alpha value is -1.70. The molecule has 0 saturated heterocycles. The molecule has 1 N–H and O–H groups in total. The third-order valence-electron chi connectivity index (χ3n) is 3.79. The highest BCUT2D eigenvalue weighted by molar-refractivity contribution is 7.98. The van der Waals surface area contributed by atoms with E-state index in [2.05, 4.69) is 5.32 Å². The molecule has 2 rings (SSSR count). The fourth-order valence-electron chi connectivity index (χ4n) is 2.54. The zero-order chi connectivity index (χ0) is 19.9. The maximum absolute atomic E-state index is 12.2. The number of nitrogens with one attached hydrogen (secondary N) is 1. The van der Waals surface area contributed by atoms with Gasteiger partial charge in [-0.15, -0.1) is 0 Å². The molecular weight excluding hydrogens is 404 g/mol. The molecule has 5 nitrogen and oxygen atoms in total. The Labute approximate surface area is 170 Å². The Bertz CT molecular complexity index is 871. The number of amides is 1. The van der Waals surface area contributed by atoms with E-state index in [4.69, 9.17) is 11.6 Å². The van der Waals surface area contributed by atoms with E-state index in [1.54, 1.807) is 43.0 Å². The van der Waals surface area contributed by atoms with E-state index in [-0.39, 0.29) is 5.91 Å². The molecule has 0 saturated carbocycles. The van der Waals surface area contributed by atoms with E-state index in [9.17, 15) is 13.2 Å². The number of anilines is 1. The number of hydrogen-bond donors (Lipinski definition) is 1. The van der Waals surface area contributed by atoms with Crippen molar-refractivity contribution >= 4 is 45.0 Å². The summed E-state index contributed by atoms with van der Waals surface area (Å²) in [5.74, 6) is 1.45. The number of carbonyl (C=O) groups is 1. The van der Waals surface area contributed by atoms with Gasteiger partial charge in [0.05, 0.1) is 11.9 Å². The lowest BCUT2D eigenvalue weighted by Gasteiger charge is -2.20. The first-order valence-corrected chi connectivity index (χ1v) is 11.9. The fourth-order valence-corrected chi connectivity index (χ4v) is 4.54. The van der Waals surface area contributed by atoms with Crippen LogP contribution in [-0.4, -0.2) is 39.4 Å². The molecule has 0 aliphatic heterocycles. The van der Waals surface area contributed by atoms with Crippen LogP contribution in [0, 0.1) is 0 Å². The van der Waals surface area contributed by atoms with Crippen molar-refractivity contribution in [3.05, 3.63) is 64.7 Å². The van der Waals surface area contributed by atoms with Gasteiger partial charge >= 0.3 is 0 Å². The summed E-state index contributed by atoms with van der Waals surface area (Å²) >= 11 is 7.67. The summed E-state index contributed by atoms with van der Waals surface area (Å²) in [6.07, 6.45) is 1.16. The van der Waals surface area contributed by atoms with Crippen molar-refractivity contribution in [1.29, 1.82) is 0 Å². The Morgan fingerprint density at radius 1 is 1.19 bits per heavy atom. The van der Waals surface area contributed by atoms with Gasteiger partial charge in [0, 0.05) is 35.2 Å². The number of carbonyl (C=O) groups excluding carboxylic acids is 1. The number of thioether (sulfide) groups is 1. The zero-order valence-electron chi connectivity index (χ0n) is 15.3. The van der Waals surface area contributed by atoms with Crippen LogP contribution in [0.15, 0.2) is 48.5 Å². The average molecular weight is 427 g/mol. The molecule has 0 spiro atoms. The Kier molecular flexibility index (Phi) is 8.01. The van der Waals surface area contributed by atoms with E-state index >= 15 is 0 Å². The molecule has 0 heterocycles. The summed E-state index contributed by atoms with van der Waals surface area (Å²) in [6.45, 7) is 2.66. The molecule has 0 radical (unpaired) electrons. The zero-order valence-corrected chi connectivity index (χ0v) is 17.7. The van der Waals surface area contributed by atoms with Crippen LogP contribution in [0.2, 0.25) is 5.02 Å². The molecule has 8 heteroatoms. The van der Waals surface area contributed by atoms with Crippen LogP contribution >= 0.6 is 23.4 Å². The van der Waals surface area contributed by atoms with Gasteiger partial charge in [0.15, 0.2) is 0 Å². The van der Waals surface area contributed by atoms with Crippen LogP contribution in [0.1, 0.15) is 22.8 Å². The molecular formula is C19H23ClN2O3S2. The third-order valence-corrected chi connectivity index (χ3v) is 6.33. The second kappa shape index (κ2) is 10.0. The minimum absolute atomic E-state index is 0.174. The lowest BCUT2D eigenvalue weighted by atomic mass is 10.2. The lowest BCUT2D eigenvalue weighted by Crippen LogP contribution is -2.29. The van der Waals surface area contributed by atoms with Crippen LogP contribution in [-0.2, 0) is 15.8 Å². The fraction of sp³-hybridized carbons (Fsp3) is 0.316. The number of nitrogens with zero attached hydrogens (tertiary/aromatic N) is 1. The average Bonchev–Trinajstić information content (AvgIpc) is 2.61. The summed E-state index contributed by atoms with van der Waals surface area (Å²) in [5.41, 5.74) is 2.21. The molecule has 2 aromatic rings. The minimum Gasteiger partial charge on any atom is -0.351 e. The molecule has 0 aliphatic carbocycles. The maximum atomic E-state index is 12.2. The Balaban J connectivity index is 1.80. The smallest absolute Gasteiger partial charge is 0.251 e. The Morgan fingerprint density at radius 2 is 1.89 bits per heavy atom. The number of halogens is 1. The van der Waals surface area contributed by atoms with Crippen LogP contribution in [0.25, 0.3) is 0 Å². The van der Waals surface area contributed by atoms with Crippen LogP contribution in [0.3, 0.4) is 0 Å². The minimum atomic E-state index is -3.33. The van der Waals surface area contributed by atoms with E-state index in [0.29, 0.717) is 24.3 Å². The van der Waals surface area contributed by atoms with Gasteiger partial charge in [-0.05, 0) is 48.9 Å². The van der Waals surface area contributed by atoms with E-state index in [1.807, 2.05) is 24.3 Å². The number of hydrogen-bond acceptors (Lipinski definition) is 4. The van der Waals surface area contributed by atoms with Crippen molar-refractivity contribution in [2.75, 3.05) is 29.4 Å². The molecule has 0 aromatic heterocycles. The predicted molar refractivity (Wildman–Crippen MR) is 114 cm³/mol. The standard InChI is InChI=1S/C19H23ClN2O3S2/c1-3-22(27(2,24)25)18-9-7-16(8-10-18)19(23)21-11-12-26-14-15-5-4-6-17(20)13-15/h4-10,13H,3,11-12,14H2,1-2H3,(H,21,23). The first kappa shape index (κ1) is 21.6. The monoisotopic (exact) mass is 426 g/mol. The second-order valence-corrected chi connectivity index (χ2v) is 9.36. The molecule has 0 atom stereocenters. The van der Waals surface area contributed by atoms with Gasteiger partial charge in [-0.2, -0.15) is 11.8 Å². The van der Waals surface area contributed by atoms with Gasteiger partial charge < -0.3 is 5.32 Å². The van der Waals surface area contributed by atoms with Gasteiger partial charge in [0.2, 0.25) is 10.0 Å². The van der Waals surface area contributed by atoms with Crippen molar-refractivity contribution in [1.82, 2.24) is 5.32 Å². The molecule has 146 valence electrons. The van der Waals surface area contributed by atoms with Crippen molar-refractivity contribution in [3.8, 4) is 0 Å². The van der Waals surface area contributed by atoms with E-state index < -0.39 is 10.0 Å². The van der Waals surface area contributed by atoms with E-state index in [1.165, 1.54) is 4.31 Å². The van der Waals surface area contributed by atoms with Crippen LogP contribution < -0.4 is 9.62 Å². The highest BCUT2D eigenvalue weighted by atomic mass is 35.5. The second-order valence-electron chi connectivity index (χ2n) is 5.91. The van der Waals surface area contributed by atoms with Gasteiger partial charge in [0.25, 0.3) is 5.91 Å². The first-order valence-electron chi connectivity index (χ1n) is 8.49. The largest absolute Gasteiger partial charge is 0.351 e. The molecule has 0 fully saturated rings. The topological polar surface area (TPSA) is 66.5 Å². The quantitative estimate of drug-likeness (QED) is 0.619.